The van der Waals surface area contributed by atoms with Gasteiger partial charge < -0.3 is 15.5 Å². The van der Waals surface area contributed by atoms with Gasteiger partial charge >= 0.3 is 6.03 Å². The molecule has 196 valence electrons. The van der Waals surface area contributed by atoms with Crippen LogP contribution in [0.15, 0.2) is 89.2 Å². The number of benzodiazepines with no additional fused rings is 1. The summed E-state index contributed by atoms with van der Waals surface area (Å²) in [5.74, 6) is -1.13. The van der Waals surface area contributed by atoms with Crippen molar-refractivity contribution in [1.82, 2.24) is 5.32 Å². The second kappa shape index (κ2) is 11.0. The summed E-state index contributed by atoms with van der Waals surface area (Å²) in [6, 6.07) is 21.6. The van der Waals surface area contributed by atoms with Crippen molar-refractivity contribution >= 4 is 46.1 Å². The summed E-state index contributed by atoms with van der Waals surface area (Å²) in [7, 11) is 0. The molecule has 4 aromatic rings. The van der Waals surface area contributed by atoms with Crippen molar-refractivity contribution in [3.63, 3.8) is 0 Å². The first-order valence-corrected chi connectivity index (χ1v) is 13.1. The standard InChI is InChI=1S/C30H25FN4O3S/c1-18-8-7-9-21(16-18)32-30(38)34-28-29(37)35(17-20-14-15-39-27(20)19(2)36)25-13-6-4-11-23(25)26(33-28)22-10-3-5-12-24(22)31/h3-16,28H,17H2,1-2H3,(H2,32,34,38). The smallest absolute Gasteiger partial charge is 0.308 e. The van der Waals surface area contributed by atoms with Gasteiger partial charge in [-0.25, -0.2) is 14.2 Å². The molecule has 5 rings (SSSR count). The Balaban J connectivity index is 1.59. The van der Waals surface area contributed by atoms with Crippen LogP contribution in [0.4, 0.5) is 20.6 Å². The first kappa shape index (κ1) is 26.0. The van der Waals surface area contributed by atoms with E-state index >= 15 is 4.39 Å². The summed E-state index contributed by atoms with van der Waals surface area (Å²) < 4.78 is 15.0. The zero-order valence-corrected chi connectivity index (χ0v) is 22.1. The number of Topliss-reactive ketones (excluding diaryl/α,β-unsaturated/α-hetero) is 1. The van der Waals surface area contributed by atoms with Crippen LogP contribution < -0.4 is 15.5 Å². The van der Waals surface area contributed by atoms with Crippen LogP contribution in [0.2, 0.25) is 0 Å². The molecule has 7 nitrogen and oxygen atoms in total. The monoisotopic (exact) mass is 540 g/mol. The summed E-state index contributed by atoms with van der Waals surface area (Å²) in [5, 5.41) is 7.20. The maximum absolute atomic E-state index is 15.0. The Kier molecular flexibility index (Phi) is 7.33. The fourth-order valence-electron chi connectivity index (χ4n) is 4.51. The molecule has 2 heterocycles. The molecular formula is C30H25FN4O3S. The van der Waals surface area contributed by atoms with E-state index < -0.39 is 23.9 Å². The molecule has 3 aromatic carbocycles. The Morgan fingerprint density at radius 2 is 1.74 bits per heavy atom. The third kappa shape index (κ3) is 5.49. The molecule has 1 unspecified atom stereocenters. The largest absolute Gasteiger partial charge is 0.321 e. The van der Waals surface area contributed by atoms with Crippen LogP contribution in [0.1, 0.15) is 38.8 Å². The second-order valence-corrected chi connectivity index (χ2v) is 10.0. The number of nitrogens with zero attached hydrogens (tertiary/aromatic N) is 2. The quantitative estimate of drug-likeness (QED) is 0.297. The molecule has 1 atom stereocenters. The van der Waals surface area contributed by atoms with Crippen LogP contribution in [-0.4, -0.2) is 29.6 Å². The number of urea groups is 1. The number of thiophene rings is 1. The lowest BCUT2D eigenvalue weighted by Gasteiger charge is -2.25. The minimum absolute atomic E-state index is 0.0754. The summed E-state index contributed by atoms with van der Waals surface area (Å²) in [4.78, 5) is 45.9. The van der Waals surface area contributed by atoms with E-state index in [1.165, 1.54) is 29.2 Å². The van der Waals surface area contributed by atoms with Crippen molar-refractivity contribution in [2.24, 2.45) is 4.99 Å². The number of nitrogens with one attached hydrogen (secondary N) is 2. The molecule has 1 aliphatic heterocycles. The van der Waals surface area contributed by atoms with Gasteiger partial charge in [-0.15, -0.1) is 11.3 Å². The van der Waals surface area contributed by atoms with E-state index in [9.17, 15) is 14.4 Å². The van der Waals surface area contributed by atoms with E-state index in [1.54, 1.807) is 66.0 Å². The fraction of sp³-hybridized carbons (Fsp3) is 0.133. The molecule has 0 saturated heterocycles. The number of benzene rings is 3. The molecule has 3 amide bonds. The van der Waals surface area contributed by atoms with Gasteiger partial charge in [-0.3, -0.25) is 9.59 Å². The summed E-state index contributed by atoms with van der Waals surface area (Å²) >= 11 is 1.30. The SMILES string of the molecule is CC(=O)c1sccc1CN1C(=O)C(NC(=O)Nc2cccc(C)c2)N=C(c2ccccc2F)c2ccccc21. The van der Waals surface area contributed by atoms with Gasteiger partial charge in [-0.2, -0.15) is 0 Å². The van der Waals surface area contributed by atoms with Crippen LogP contribution in [0.25, 0.3) is 0 Å². The normalized spacial score (nSPS) is 14.7. The van der Waals surface area contributed by atoms with Crippen molar-refractivity contribution in [1.29, 1.82) is 0 Å². The average molecular weight is 541 g/mol. The number of carbonyl (C=O) groups is 3. The number of aryl methyl sites for hydroxylation is 1. The summed E-state index contributed by atoms with van der Waals surface area (Å²) in [6.45, 7) is 3.46. The Bertz CT molecular complexity index is 1610. The molecule has 1 aromatic heterocycles. The number of ketones is 1. The van der Waals surface area contributed by atoms with Crippen LogP contribution in [0.5, 0.6) is 0 Å². The lowest BCUT2D eigenvalue weighted by atomic mass is 9.99. The lowest BCUT2D eigenvalue weighted by molar-refractivity contribution is -0.120. The van der Waals surface area contributed by atoms with Crippen molar-refractivity contribution < 1.29 is 18.8 Å². The highest BCUT2D eigenvalue weighted by Gasteiger charge is 2.34. The molecule has 9 heteroatoms. The molecule has 0 fully saturated rings. The van der Waals surface area contributed by atoms with Crippen LogP contribution in [0, 0.1) is 12.7 Å². The topological polar surface area (TPSA) is 90.9 Å². The first-order chi connectivity index (χ1) is 18.8. The Morgan fingerprint density at radius 1 is 1.00 bits per heavy atom. The number of hydrogen-bond donors (Lipinski definition) is 2. The third-order valence-electron chi connectivity index (χ3n) is 6.28. The van der Waals surface area contributed by atoms with Crippen molar-refractivity contribution in [3.8, 4) is 0 Å². The lowest BCUT2D eigenvalue weighted by Crippen LogP contribution is -2.48. The number of aliphatic imine (C=N–C) groups is 1. The summed E-state index contributed by atoms with van der Waals surface area (Å²) in [6.07, 6.45) is -1.36. The fourth-order valence-corrected chi connectivity index (χ4v) is 5.33. The van der Waals surface area contributed by atoms with Crippen LogP contribution in [-0.2, 0) is 11.3 Å². The predicted molar refractivity (Wildman–Crippen MR) is 151 cm³/mol. The third-order valence-corrected chi connectivity index (χ3v) is 7.33. The molecule has 2 N–H and O–H groups in total. The van der Waals surface area contributed by atoms with Gasteiger partial charge in [0, 0.05) is 16.8 Å². The molecular weight excluding hydrogens is 515 g/mol. The van der Waals surface area contributed by atoms with Gasteiger partial charge in [-0.1, -0.05) is 42.5 Å². The zero-order chi connectivity index (χ0) is 27.5. The van der Waals surface area contributed by atoms with Crippen LogP contribution in [0.3, 0.4) is 0 Å². The highest BCUT2D eigenvalue weighted by molar-refractivity contribution is 7.12. The van der Waals surface area contributed by atoms with E-state index in [0.29, 0.717) is 27.4 Å². The van der Waals surface area contributed by atoms with E-state index in [-0.39, 0.29) is 23.6 Å². The van der Waals surface area contributed by atoms with E-state index in [2.05, 4.69) is 15.6 Å². The van der Waals surface area contributed by atoms with Gasteiger partial charge in [-0.05, 0) is 66.8 Å². The number of anilines is 2. The van der Waals surface area contributed by atoms with Gasteiger partial charge in [0.05, 0.1) is 22.8 Å². The minimum atomic E-state index is -1.36. The van der Waals surface area contributed by atoms with Gasteiger partial charge in [0.15, 0.2) is 5.78 Å². The molecule has 39 heavy (non-hydrogen) atoms. The number of amides is 3. The number of halogens is 1. The Hall–Kier alpha value is -4.63. The zero-order valence-electron chi connectivity index (χ0n) is 21.3. The first-order valence-electron chi connectivity index (χ1n) is 12.3. The predicted octanol–water partition coefficient (Wildman–Crippen LogP) is 5.93. The minimum Gasteiger partial charge on any atom is -0.308 e. The van der Waals surface area contributed by atoms with Crippen molar-refractivity contribution in [2.45, 2.75) is 26.6 Å². The number of fused-ring (bicyclic) bond motifs is 1. The summed E-state index contributed by atoms with van der Waals surface area (Å²) in [5.41, 5.74) is 3.64. The van der Waals surface area contributed by atoms with E-state index in [0.717, 1.165) is 5.56 Å². The average Bonchev–Trinajstić information content (AvgIpc) is 3.35. The maximum Gasteiger partial charge on any atom is 0.321 e. The highest BCUT2D eigenvalue weighted by atomic mass is 32.1. The maximum atomic E-state index is 15.0. The number of rotatable bonds is 6. The number of para-hydroxylation sites is 1. The molecule has 1 aliphatic rings. The van der Waals surface area contributed by atoms with Gasteiger partial charge in [0.1, 0.15) is 5.82 Å². The van der Waals surface area contributed by atoms with Crippen LogP contribution >= 0.6 is 11.3 Å². The van der Waals surface area contributed by atoms with Gasteiger partial charge in [0.25, 0.3) is 5.91 Å². The number of hydrogen-bond acceptors (Lipinski definition) is 5. The van der Waals surface area contributed by atoms with Crippen molar-refractivity contribution in [2.75, 3.05) is 10.2 Å². The molecule has 0 bridgehead atoms. The van der Waals surface area contributed by atoms with E-state index in [1.807, 2.05) is 19.1 Å². The van der Waals surface area contributed by atoms with Gasteiger partial charge in [0.2, 0.25) is 6.17 Å². The van der Waals surface area contributed by atoms with E-state index in [4.69, 9.17) is 0 Å². The second-order valence-electron chi connectivity index (χ2n) is 9.10. The molecule has 0 spiro atoms. The Labute approximate surface area is 229 Å². The Morgan fingerprint density at radius 3 is 2.49 bits per heavy atom. The number of carbonyl (C=O) groups excluding carboxylic acids is 3. The molecule has 0 aliphatic carbocycles. The highest BCUT2D eigenvalue weighted by Crippen LogP contribution is 2.31. The van der Waals surface area contributed by atoms with Crippen molar-refractivity contribution in [3.05, 3.63) is 117 Å². The molecule has 0 saturated carbocycles. The molecule has 0 radical (unpaired) electrons.